The van der Waals surface area contributed by atoms with Crippen LogP contribution in [0.4, 0.5) is 5.69 Å². The molecule has 0 saturated heterocycles. The van der Waals surface area contributed by atoms with Crippen LogP contribution >= 0.6 is 0 Å². The zero-order valence-electron chi connectivity index (χ0n) is 17.3. The molecule has 0 radical (unpaired) electrons. The molecular weight excluding hydrogens is 394 g/mol. The second-order valence-electron chi connectivity index (χ2n) is 6.73. The minimum atomic E-state index is -0.878. The SMILES string of the molecule is COc1cccc(NC(=O)C(=O)NN=Cc2ccc(OCc3ccc(C)cc3)cc2)c1. The maximum absolute atomic E-state index is 12.0. The van der Waals surface area contributed by atoms with Gasteiger partial charge < -0.3 is 14.8 Å². The summed E-state index contributed by atoms with van der Waals surface area (Å²) in [6, 6.07) is 22.1. The van der Waals surface area contributed by atoms with Crippen molar-refractivity contribution in [1.29, 1.82) is 0 Å². The first-order valence-corrected chi connectivity index (χ1v) is 9.60. The Morgan fingerprint density at radius 2 is 1.68 bits per heavy atom. The van der Waals surface area contributed by atoms with Gasteiger partial charge in [0.25, 0.3) is 0 Å². The molecule has 0 unspecified atom stereocenters. The number of anilines is 1. The first-order valence-electron chi connectivity index (χ1n) is 9.60. The lowest BCUT2D eigenvalue weighted by molar-refractivity contribution is -0.136. The van der Waals surface area contributed by atoms with Gasteiger partial charge in [0.2, 0.25) is 0 Å². The summed E-state index contributed by atoms with van der Waals surface area (Å²) in [6.07, 6.45) is 1.44. The molecule has 31 heavy (non-hydrogen) atoms. The molecular formula is C24H23N3O4. The van der Waals surface area contributed by atoms with Gasteiger partial charge in [-0.3, -0.25) is 9.59 Å². The van der Waals surface area contributed by atoms with Crippen molar-refractivity contribution >= 4 is 23.7 Å². The zero-order valence-corrected chi connectivity index (χ0v) is 17.3. The highest BCUT2D eigenvalue weighted by molar-refractivity contribution is 6.39. The minimum absolute atomic E-state index is 0.449. The molecule has 0 spiro atoms. The summed E-state index contributed by atoms with van der Waals surface area (Å²) in [7, 11) is 1.52. The van der Waals surface area contributed by atoms with E-state index in [1.165, 1.54) is 18.9 Å². The number of methoxy groups -OCH3 is 1. The molecule has 3 aromatic carbocycles. The Kier molecular flexibility index (Phi) is 7.37. The van der Waals surface area contributed by atoms with Crippen LogP contribution in [0.5, 0.6) is 11.5 Å². The van der Waals surface area contributed by atoms with E-state index in [0.717, 1.165) is 16.9 Å². The fraction of sp³-hybridized carbons (Fsp3) is 0.125. The summed E-state index contributed by atoms with van der Waals surface area (Å²) < 4.78 is 10.8. The topological polar surface area (TPSA) is 89.0 Å². The summed E-state index contributed by atoms with van der Waals surface area (Å²) in [6.45, 7) is 2.52. The van der Waals surface area contributed by atoms with Crippen molar-refractivity contribution in [3.63, 3.8) is 0 Å². The van der Waals surface area contributed by atoms with Crippen molar-refractivity contribution in [1.82, 2.24) is 5.43 Å². The number of hydrogen-bond acceptors (Lipinski definition) is 5. The lowest BCUT2D eigenvalue weighted by Crippen LogP contribution is -2.32. The molecule has 7 heteroatoms. The van der Waals surface area contributed by atoms with Crippen molar-refractivity contribution in [3.05, 3.63) is 89.5 Å². The molecule has 2 amide bonds. The van der Waals surface area contributed by atoms with Crippen LogP contribution in [-0.2, 0) is 16.2 Å². The lowest BCUT2D eigenvalue weighted by atomic mass is 10.2. The van der Waals surface area contributed by atoms with E-state index in [4.69, 9.17) is 9.47 Å². The molecule has 0 aliphatic rings. The van der Waals surface area contributed by atoms with Crippen LogP contribution in [-0.4, -0.2) is 25.1 Å². The third-order valence-corrected chi connectivity index (χ3v) is 4.32. The predicted octanol–water partition coefficient (Wildman–Crippen LogP) is 3.67. The van der Waals surface area contributed by atoms with E-state index in [1.807, 2.05) is 43.3 Å². The maximum atomic E-state index is 12.0. The number of ether oxygens (including phenoxy) is 2. The van der Waals surface area contributed by atoms with Crippen LogP contribution in [0.3, 0.4) is 0 Å². The third kappa shape index (κ3) is 6.71. The number of amides is 2. The van der Waals surface area contributed by atoms with Crippen LogP contribution in [0.15, 0.2) is 77.9 Å². The average molecular weight is 417 g/mol. The van der Waals surface area contributed by atoms with Gasteiger partial charge in [-0.25, -0.2) is 5.43 Å². The number of nitrogens with zero attached hydrogens (tertiary/aromatic N) is 1. The summed E-state index contributed by atoms with van der Waals surface area (Å²) >= 11 is 0. The normalized spacial score (nSPS) is 10.5. The van der Waals surface area contributed by atoms with E-state index in [1.54, 1.807) is 36.4 Å². The number of hydrogen-bond donors (Lipinski definition) is 2. The van der Waals surface area contributed by atoms with Gasteiger partial charge in [0, 0.05) is 11.8 Å². The highest BCUT2D eigenvalue weighted by Crippen LogP contribution is 2.16. The Bertz CT molecular complexity index is 1060. The summed E-state index contributed by atoms with van der Waals surface area (Å²) in [4.78, 5) is 23.9. The standard InChI is InChI=1S/C24H23N3O4/c1-17-6-8-19(9-7-17)16-31-21-12-10-18(11-13-21)15-25-27-24(29)23(28)26-20-4-3-5-22(14-20)30-2/h3-15H,16H2,1-2H3,(H,26,28)(H,27,29). The van der Waals surface area contributed by atoms with Gasteiger partial charge in [-0.15, -0.1) is 0 Å². The van der Waals surface area contributed by atoms with Crippen molar-refractivity contribution in [3.8, 4) is 11.5 Å². The molecule has 0 heterocycles. The van der Waals surface area contributed by atoms with Gasteiger partial charge in [-0.2, -0.15) is 5.10 Å². The number of benzene rings is 3. The predicted molar refractivity (Wildman–Crippen MR) is 119 cm³/mol. The second kappa shape index (κ2) is 10.6. The van der Waals surface area contributed by atoms with Crippen LogP contribution in [0, 0.1) is 6.92 Å². The molecule has 7 nitrogen and oxygen atoms in total. The summed E-state index contributed by atoms with van der Waals surface area (Å²) in [5.74, 6) is -0.413. The average Bonchev–Trinajstić information content (AvgIpc) is 2.79. The molecule has 2 N–H and O–H groups in total. The molecule has 0 fully saturated rings. The molecule has 0 aliphatic carbocycles. The number of carbonyl (C=O) groups is 2. The maximum Gasteiger partial charge on any atom is 0.329 e. The first-order chi connectivity index (χ1) is 15.0. The molecule has 0 saturated carbocycles. The van der Waals surface area contributed by atoms with Crippen molar-refractivity contribution in [2.24, 2.45) is 5.10 Å². The van der Waals surface area contributed by atoms with Crippen LogP contribution in [0.25, 0.3) is 0 Å². The van der Waals surface area contributed by atoms with Crippen molar-refractivity contribution in [2.45, 2.75) is 13.5 Å². The van der Waals surface area contributed by atoms with Crippen LogP contribution in [0.1, 0.15) is 16.7 Å². The Morgan fingerprint density at radius 1 is 0.935 bits per heavy atom. The fourth-order valence-corrected chi connectivity index (χ4v) is 2.61. The summed E-state index contributed by atoms with van der Waals surface area (Å²) in [5, 5.41) is 6.30. The monoisotopic (exact) mass is 417 g/mol. The highest BCUT2D eigenvalue weighted by atomic mass is 16.5. The van der Waals surface area contributed by atoms with E-state index in [2.05, 4.69) is 15.8 Å². The number of hydrazone groups is 1. The number of rotatable bonds is 7. The highest BCUT2D eigenvalue weighted by Gasteiger charge is 2.13. The van der Waals surface area contributed by atoms with Crippen LogP contribution < -0.4 is 20.2 Å². The van der Waals surface area contributed by atoms with Gasteiger partial charge in [0.1, 0.15) is 18.1 Å². The Labute approximate surface area is 180 Å². The molecule has 0 atom stereocenters. The first kappa shape index (κ1) is 21.6. The molecule has 0 aliphatic heterocycles. The second-order valence-corrected chi connectivity index (χ2v) is 6.73. The number of carbonyl (C=O) groups excluding carboxylic acids is 2. The molecule has 3 aromatic rings. The van der Waals surface area contributed by atoms with E-state index < -0.39 is 11.8 Å². The Balaban J connectivity index is 1.46. The summed E-state index contributed by atoms with van der Waals surface area (Å²) in [5.41, 5.74) is 5.69. The quantitative estimate of drug-likeness (QED) is 0.349. The number of aryl methyl sites for hydroxylation is 1. The largest absolute Gasteiger partial charge is 0.497 e. The fourth-order valence-electron chi connectivity index (χ4n) is 2.61. The lowest BCUT2D eigenvalue weighted by Gasteiger charge is -2.07. The Hall–Kier alpha value is -4.13. The van der Waals surface area contributed by atoms with Gasteiger partial charge in [-0.1, -0.05) is 35.9 Å². The third-order valence-electron chi connectivity index (χ3n) is 4.32. The van der Waals surface area contributed by atoms with Crippen molar-refractivity contribution in [2.75, 3.05) is 12.4 Å². The Morgan fingerprint density at radius 3 is 2.39 bits per heavy atom. The minimum Gasteiger partial charge on any atom is -0.497 e. The number of nitrogens with one attached hydrogen (secondary N) is 2. The van der Waals surface area contributed by atoms with E-state index >= 15 is 0 Å². The van der Waals surface area contributed by atoms with E-state index in [9.17, 15) is 9.59 Å². The van der Waals surface area contributed by atoms with E-state index in [0.29, 0.717) is 18.0 Å². The zero-order chi connectivity index (χ0) is 22.1. The van der Waals surface area contributed by atoms with Gasteiger partial charge >= 0.3 is 11.8 Å². The van der Waals surface area contributed by atoms with Gasteiger partial charge in [0.05, 0.1) is 13.3 Å². The molecule has 158 valence electrons. The van der Waals surface area contributed by atoms with Gasteiger partial charge in [-0.05, 0) is 54.4 Å². The van der Waals surface area contributed by atoms with Crippen molar-refractivity contribution < 1.29 is 19.1 Å². The molecule has 0 bridgehead atoms. The molecule has 3 rings (SSSR count). The van der Waals surface area contributed by atoms with E-state index in [-0.39, 0.29) is 0 Å². The van der Waals surface area contributed by atoms with Gasteiger partial charge in [0.15, 0.2) is 0 Å². The van der Waals surface area contributed by atoms with Crippen LogP contribution in [0.2, 0.25) is 0 Å². The molecule has 0 aromatic heterocycles. The smallest absolute Gasteiger partial charge is 0.329 e.